The molecule has 1 unspecified atom stereocenters. The van der Waals surface area contributed by atoms with Gasteiger partial charge in [-0.2, -0.15) is 5.10 Å². The molecule has 3 atom stereocenters. The van der Waals surface area contributed by atoms with E-state index in [2.05, 4.69) is 5.32 Å². The second kappa shape index (κ2) is 12.3. The molecule has 1 fully saturated rings. The van der Waals surface area contributed by atoms with E-state index in [9.17, 15) is 27.6 Å². The number of hydrogen-bond acceptors (Lipinski definition) is 6. The van der Waals surface area contributed by atoms with Crippen molar-refractivity contribution in [1.82, 2.24) is 14.8 Å². The third-order valence-corrected chi connectivity index (χ3v) is 9.28. The van der Waals surface area contributed by atoms with Gasteiger partial charge in [0.05, 0.1) is 23.9 Å². The van der Waals surface area contributed by atoms with E-state index in [1.807, 2.05) is 56.1 Å². The Hall–Kier alpha value is -4.61. The monoisotopic (exact) mass is 635 g/mol. The molecule has 2 bridgehead atoms. The molecule has 3 aromatic rings. The van der Waals surface area contributed by atoms with Crippen molar-refractivity contribution in [2.45, 2.75) is 77.0 Å². The minimum Gasteiger partial charge on any atom is -0.487 e. The molecule has 1 aromatic heterocycles. The van der Waals surface area contributed by atoms with Gasteiger partial charge >= 0.3 is 0 Å². The van der Waals surface area contributed by atoms with Crippen LogP contribution in [-0.4, -0.2) is 51.7 Å². The number of rotatable bonds is 8. The van der Waals surface area contributed by atoms with Crippen molar-refractivity contribution < 1.29 is 27.5 Å². The van der Waals surface area contributed by atoms with Gasteiger partial charge in [-0.05, 0) is 45.2 Å². The summed E-state index contributed by atoms with van der Waals surface area (Å²) >= 11 is 0. The summed E-state index contributed by atoms with van der Waals surface area (Å²) in [7, 11) is 0. The maximum Gasteiger partial charge on any atom is 0.274 e. The lowest BCUT2D eigenvalue weighted by Crippen LogP contribution is -2.56. The minimum atomic E-state index is -1.17. The molecule has 2 amide bonds. The SMILES string of the molecule is CCCCOc1c2n(cc(C(=O)NCc3c(F)cc(F)cc3F)c1=O)[C@@H]1CN(C2=O)[C@@H](C)CCC12CC(C)=NN2c1ccccc1. The van der Waals surface area contributed by atoms with Crippen LogP contribution in [0.2, 0.25) is 0 Å². The summed E-state index contributed by atoms with van der Waals surface area (Å²) in [4.78, 5) is 43.5. The predicted molar refractivity (Wildman–Crippen MR) is 167 cm³/mol. The van der Waals surface area contributed by atoms with E-state index in [1.165, 1.54) is 6.20 Å². The summed E-state index contributed by atoms with van der Waals surface area (Å²) < 4.78 is 49.9. The maximum absolute atomic E-state index is 14.4. The van der Waals surface area contributed by atoms with Gasteiger partial charge in [-0.15, -0.1) is 0 Å². The number of aromatic nitrogens is 1. The summed E-state index contributed by atoms with van der Waals surface area (Å²) in [6.07, 6.45) is 4.68. The van der Waals surface area contributed by atoms with Gasteiger partial charge in [0.25, 0.3) is 11.8 Å². The number of carbonyl (C=O) groups is 2. The number of halogens is 3. The number of hydrazone groups is 1. The van der Waals surface area contributed by atoms with Crippen molar-refractivity contribution in [3.8, 4) is 5.75 Å². The molecule has 46 heavy (non-hydrogen) atoms. The third kappa shape index (κ3) is 5.33. The predicted octanol–water partition coefficient (Wildman–Crippen LogP) is 5.58. The van der Waals surface area contributed by atoms with Gasteiger partial charge in [0.1, 0.15) is 23.0 Å². The third-order valence-electron chi connectivity index (χ3n) is 9.28. The number of amides is 2. The number of benzene rings is 2. The van der Waals surface area contributed by atoms with Crippen LogP contribution in [0.5, 0.6) is 5.75 Å². The van der Waals surface area contributed by atoms with Crippen LogP contribution < -0.4 is 20.5 Å². The molecule has 0 saturated carbocycles. The Bertz CT molecular complexity index is 1760. The van der Waals surface area contributed by atoms with Crippen molar-refractivity contribution in [2.24, 2.45) is 5.10 Å². The van der Waals surface area contributed by atoms with Crippen LogP contribution in [0.15, 0.2) is 58.6 Å². The average molecular weight is 636 g/mol. The number of fused-ring (bicyclic) bond motifs is 5. The van der Waals surface area contributed by atoms with Gasteiger partial charge in [-0.3, -0.25) is 19.4 Å². The van der Waals surface area contributed by atoms with E-state index in [0.717, 1.165) is 17.8 Å². The zero-order valence-electron chi connectivity index (χ0n) is 26.0. The number of unbranched alkanes of at least 4 members (excludes halogenated alkanes) is 1. The van der Waals surface area contributed by atoms with Gasteiger partial charge in [0.15, 0.2) is 11.4 Å². The van der Waals surface area contributed by atoms with Crippen molar-refractivity contribution >= 4 is 23.2 Å². The molecule has 3 aliphatic heterocycles. The zero-order chi connectivity index (χ0) is 32.7. The van der Waals surface area contributed by atoms with E-state index in [4.69, 9.17) is 9.84 Å². The molecular weight excluding hydrogens is 599 g/mol. The minimum absolute atomic E-state index is 0.0650. The quantitative estimate of drug-likeness (QED) is 0.326. The largest absolute Gasteiger partial charge is 0.487 e. The van der Waals surface area contributed by atoms with Crippen molar-refractivity contribution in [3.05, 3.63) is 93.2 Å². The molecular formula is C34H36F3N5O4. The Morgan fingerprint density at radius 2 is 1.85 bits per heavy atom. The molecule has 242 valence electrons. The molecule has 1 spiro atoms. The summed E-state index contributed by atoms with van der Waals surface area (Å²) in [6, 6.07) is 10.2. The second-order valence-corrected chi connectivity index (χ2v) is 12.3. The first kappa shape index (κ1) is 31.4. The Morgan fingerprint density at radius 1 is 1.13 bits per heavy atom. The normalized spacial score (nSPS) is 22.0. The first-order valence-electron chi connectivity index (χ1n) is 15.6. The summed E-state index contributed by atoms with van der Waals surface area (Å²) in [6.45, 7) is 5.74. The maximum atomic E-state index is 14.4. The van der Waals surface area contributed by atoms with Crippen molar-refractivity contribution in [2.75, 3.05) is 18.2 Å². The van der Waals surface area contributed by atoms with Gasteiger partial charge in [-0.1, -0.05) is 31.5 Å². The highest BCUT2D eigenvalue weighted by atomic mass is 19.1. The molecule has 6 rings (SSSR count). The number of para-hydroxylation sites is 1. The van der Waals surface area contributed by atoms with E-state index in [-0.39, 0.29) is 35.6 Å². The lowest BCUT2D eigenvalue weighted by Gasteiger charge is -2.47. The zero-order valence-corrected chi connectivity index (χ0v) is 26.0. The van der Waals surface area contributed by atoms with E-state index >= 15 is 0 Å². The van der Waals surface area contributed by atoms with Crippen LogP contribution in [-0.2, 0) is 6.54 Å². The number of ether oxygens (including phenoxy) is 1. The van der Waals surface area contributed by atoms with Gasteiger partial charge in [-0.25, -0.2) is 13.2 Å². The lowest BCUT2D eigenvalue weighted by molar-refractivity contribution is 0.0576. The first-order valence-corrected chi connectivity index (χ1v) is 15.6. The highest BCUT2D eigenvalue weighted by molar-refractivity contribution is 5.99. The molecule has 1 N–H and O–H groups in total. The summed E-state index contributed by atoms with van der Waals surface area (Å²) in [5.41, 5.74) is -0.483. The van der Waals surface area contributed by atoms with Crippen LogP contribution in [0, 0.1) is 17.5 Å². The molecule has 0 aliphatic carbocycles. The Balaban J connectivity index is 1.49. The molecule has 0 radical (unpaired) electrons. The number of nitrogens with one attached hydrogen (secondary N) is 1. The summed E-state index contributed by atoms with van der Waals surface area (Å²) in [5, 5.41) is 9.37. The smallest absolute Gasteiger partial charge is 0.274 e. The number of pyridine rings is 1. The Labute approximate surface area is 264 Å². The standard InChI is InChI=1S/C34H36F3N5O4/c1-4-5-13-46-31-29-33(45)40-19-28(34(12-11-21(40)3)16-20(2)39-42(34)23-9-7-6-8-10-23)41(29)18-25(30(31)43)32(44)38-17-24-26(36)14-22(35)15-27(24)37/h6-10,14-15,18,21,28H,4-5,11-13,16-17,19H2,1-3H3,(H,38,44)/t21-,28+,34?/m0/s1. The first-order chi connectivity index (χ1) is 22.1. The summed E-state index contributed by atoms with van der Waals surface area (Å²) in [5.74, 6) is -4.93. The van der Waals surface area contributed by atoms with Crippen molar-refractivity contribution in [1.29, 1.82) is 0 Å². The fraction of sp³-hybridized carbons (Fsp3) is 0.412. The number of hydrogen-bond donors (Lipinski definition) is 1. The molecule has 4 heterocycles. The highest BCUT2D eigenvalue weighted by Gasteiger charge is 2.55. The fourth-order valence-electron chi connectivity index (χ4n) is 6.93. The van der Waals surface area contributed by atoms with Crippen LogP contribution in [0.1, 0.15) is 85.3 Å². The molecule has 3 aliphatic rings. The van der Waals surface area contributed by atoms with Crippen LogP contribution in [0.4, 0.5) is 18.9 Å². The topological polar surface area (TPSA) is 96.2 Å². The fourth-order valence-corrected chi connectivity index (χ4v) is 6.93. The molecule has 12 heteroatoms. The van der Waals surface area contributed by atoms with Crippen LogP contribution >= 0.6 is 0 Å². The van der Waals surface area contributed by atoms with E-state index in [1.54, 1.807) is 9.47 Å². The molecule has 2 aromatic carbocycles. The Kier molecular flexibility index (Phi) is 8.39. The highest BCUT2D eigenvalue weighted by Crippen LogP contribution is 2.49. The van der Waals surface area contributed by atoms with Crippen LogP contribution in [0.3, 0.4) is 0 Å². The second-order valence-electron chi connectivity index (χ2n) is 12.3. The van der Waals surface area contributed by atoms with Gasteiger partial charge < -0.3 is 19.5 Å². The number of carbonyl (C=O) groups excluding carboxylic acids is 2. The van der Waals surface area contributed by atoms with Gasteiger partial charge in [0, 0.05) is 55.2 Å². The van der Waals surface area contributed by atoms with E-state index < -0.39 is 52.5 Å². The van der Waals surface area contributed by atoms with Gasteiger partial charge in [0.2, 0.25) is 5.43 Å². The van der Waals surface area contributed by atoms with Crippen LogP contribution in [0.25, 0.3) is 0 Å². The molecule has 9 nitrogen and oxygen atoms in total. The van der Waals surface area contributed by atoms with Crippen molar-refractivity contribution in [3.63, 3.8) is 0 Å². The average Bonchev–Trinajstić information content (AvgIpc) is 3.30. The number of anilines is 1. The molecule has 1 saturated heterocycles. The van der Waals surface area contributed by atoms with E-state index in [0.29, 0.717) is 44.4 Å². The Morgan fingerprint density at radius 3 is 2.54 bits per heavy atom. The lowest BCUT2D eigenvalue weighted by atomic mass is 9.80. The number of nitrogens with zero attached hydrogens (tertiary/aromatic N) is 4.